The van der Waals surface area contributed by atoms with Gasteiger partial charge in [-0.25, -0.2) is 0 Å². The standard InChI is InChI=1S/C32H60N2O4.C2H6/c1-25(2)23-30(5,6)18-16-20-33-24-27(38-28(35)17-15-21-34(11)12)31(7,8)19-13-14-22-37-29(36)32(9,10)26(3)4;1-2/h13-14,16,18,25-27,33H,15,17,19-24H2,1-12H3;1-2H3/b14-13+,18-16-;. The molecular formula is C34H66N2O4. The summed E-state index contributed by atoms with van der Waals surface area (Å²) in [5, 5.41) is 3.48. The molecule has 40 heavy (non-hydrogen) atoms. The van der Waals surface area contributed by atoms with Gasteiger partial charge in [0.05, 0.1) is 5.41 Å². The van der Waals surface area contributed by atoms with Gasteiger partial charge in [-0.3, -0.25) is 9.59 Å². The first-order chi connectivity index (χ1) is 18.4. The molecule has 0 fully saturated rings. The molecule has 6 heteroatoms. The number of rotatable bonds is 19. The van der Waals surface area contributed by atoms with Gasteiger partial charge in [0.15, 0.2) is 0 Å². The number of nitrogens with one attached hydrogen (secondary N) is 1. The molecule has 0 saturated heterocycles. The minimum absolute atomic E-state index is 0.158. The van der Waals surface area contributed by atoms with E-state index in [2.05, 4.69) is 63.9 Å². The molecule has 0 aliphatic carbocycles. The molecule has 0 aliphatic heterocycles. The lowest BCUT2D eigenvalue weighted by Gasteiger charge is -2.33. The van der Waals surface area contributed by atoms with Crippen LogP contribution in [-0.4, -0.2) is 63.3 Å². The van der Waals surface area contributed by atoms with E-state index < -0.39 is 5.41 Å². The van der Waals surface area contributed by atoms with Crippen LogP contribution in [0.1, 0.15) is 109 Å². The van der Waals surface area contributed by atoms with Crippen LogP contribution in [0.4, 0.5) is 0 Å². The zero-order valence-electron chi connectivity index (χ0n) is 28.8. The average Bonchev–Trinajstić information content (AvgIpc) is 2.82. The maximum Gasteiger partial charge on any atom is 0.312 e. The van der Waals surface area contributed by atoms with E-state index in [-0.39, 0.29) is 41.4 Å². The summed E-state index contributed by atoms with van der Waals surface area (Å²) in [5.74, 6) is 0.511. The smallest absolute Gasteiger partial charge is 0.312 e. The highest BCUT2D eigenvalue weighted by molar-refractivity contribution is 5.76. The van der Waals surface area contributed by atoms with Crippen LogP contribution in [0.15, 0.2) is 24.3 Å². The van der Waals surface area contributed by atoms with Crippen LogP contribution in [-0.2, 0) is 19.1 Å². The maximum absolute atomic E-state index is 12.6. The van der Waals surface area contributed by atoms with Crippen LogP contribution >= 0.6 is 0 Å². The second-order valence-electron chi connectivity index (χ2n) is 13.7. The van der Waals surface area contributed by atoms with E-state index in [1.165, 1.54) is 0 Å². The summed E-state index contributed by atoms with van der Waals surface area (Å²) in [6.45, 7) is 27.5. The van der Waals surface area contributed by atoms with Crippen molar-refractivity contribution < 1.29 is 19.1 Å². The number of carbonyl (C=O) groups excluding carboxylic acids is 2. The van der Waals surface area contributed by atoms with E-state index in [9.17, 15) is 9.59 Å². The summed E-state index contributed by atoms with van der Waals surface area (Å²) >= 11 is 0. The Kier molecular flexibility index (Phi) is 20.5. The van der Waals surface area contributed by atoms with Crippen molar-refractivity contribution in [3.63, 3.8) is 0 Å². The van der Waals surface area contributed by atoms with Gasteiger partial charge in [0.2, 0.25) is 0 Å². The number of hydrogen-bond donors (Lipinski definition) is 1. The molecule has 0 aromatic carbocycles. The van der Waals surface area contributed by atoms with Gasteiger partial charge >= 0.3 is 11.9 Å². The third kappa shape index (κ3) is 18.6. The first-order valence-corrected chi connectivity index (χ1v) is 15.5. The van der Waals surface area contributed by atoms with Crippen LogP contribution in [0.2, 0.25) is 0 Å². The molecule has 1 unspecified atom stereocenters. The van der Waals surface area contributed by atoms with Gasteiger partial charge in [-0.2, -0.15) is 0 Å². The first kappa shape index (κ1) is 40.5. The zero-order valence-corrected chi connectivity index (χ0v) is 28.8. The van der Waals surface area contributed by atoms with Gasteiger partial charge in [0, 0.05) is 24.9 Å². The number of hydrogen-bond acceptors (Lipinski definition) is 6. The topological polar surface area (TPSA) is 67.9 Å². The second-order valence-corrected chi connectivity index (χ2v) is 13.7. The van der Waals surface area contributed by atoms with Crippen molar-refractivity contribution in [2.75, 3.05) is 40.3 Å². The van der Waals surface area contributed by atoms with Gasteiger partial charge in [-0.05, 0) is 71.0 Å². The second kappa shape index (κ2) is 20.3. The number of ether oxygens (including phenoxy) is 2. The molecule has 0 heterocycles. The van der Waals surface area contributed by atoms with Gasteiger partial charge in [0.1, 0.15) is 12.7 Å². The quantitative estimate of drug-likeness (QED) is 0.0982. The first-order valence-electron chi connectivity index (χ1n) is 15.5. The molecule has 0 saturated carbocycles. The average molecular weight is 567 g/mol. The molecule has 0 spiro atoms. The van der Waals surface area contributed by atoms with E-state index in [1.807, 2.05) is 67.8 Å². The van der Waals surface area contributed by atoms with Crippen molar-refractivity contribution in [2.24, 2.45) is 28.1 Å². The molecule has 1 atom stereocenters. The lowest BCUT2D eigenvalue weighted by Crippen LogP contribution is -2.42. The van der Waals surface area contributed by atoms with E-state index in [0.717, 1.165) is 25.9 Å². The Balaban J connectivity index is 0. The highest BCUT2D eigenvalue weighted by atomic mass is 16.5. The van der Waals surface area contributed by atoms with Crippen LogP contribution in [0.25, 0.3) is 0 Å². The number of carbonyl (C=O) groups is 2. The fourth-order valence-corrected chi connectivity index (χ4v) is 4.16. The molecule has 0 radical (unpaired) electrons. The van der Waals surface area contributed by atoms with Crippen molar-refractivity contribution in [3.05, 3.63) is 24.3 Å². The Bertz CT molecular complexity index is 749. The van der Waals surface area contributed by atoms with Crippen molar-refractivity contribution in [1.29, 1.82) is 0 Å². The van der Waals surface area contributed by atoms with E-state index in [1.54, 1.807) is 0 Å². The summed E-state index contributed by atoms with van der Waals surface area (Å²) in [5.41, 5.74) is -0.641. The Labute approximate surface area is 248 Å². The highest BCUT2D eigenvalue weighted by Gasteiger charge is 2.33. The SMILES string of the molecule is CC.CC(C)CC(C)(C)/C=C\CNCC(OC(=O)CCCN(C)C)C(C)(C)C/C=C/COC(=O)C(C)(C)C(C)C. The maximum atomic E-state index is 12.6. The zero-order chi connectivity index (χ0) is 31.6. The van der Waals surface area contributed by atoms with Gasteiger partial charge in [-0.15, -0.1) is 0 Å². The van der Waals surface area contributed by atoms with Crippen molar-refractivity contribution in [2.45, 2.75) is 115 Å². The summed E-state index contributed by atoms with van der Waals surface area (Å²) < 4.78 is 11.5. The Hall–Kier alpha value is -1.66. The van der Waals surface area contributed by atoms with Crippen LogP contribution in [0.5, 0.6) is 0 Å². The van der Waals surface area contributed by atoms with E-state index in [4.69, 9.17) is 9.47 Å². The third-order valence-electron chi connectivity index (χ3n) is 7.32. The number of esters is 2. The minimum Gasteiger partial charge on any atom is -0.461 e. The molecule has 0 bridgehead atoms. The molecule has 6 nitrogen and oxygen atoms in total. The predicted octanol–water partition coefficient (Wildman–Crippen LogP) is 7.68. The van der Waals surface area contributed by atoms with Gasteiger partial charge in [0.25, 0.3) is 0 Å². The fourth-order valence-electron chi connectivity index (χ4n) is 4.16. The fraction of sp³-hybridized carbons (Fsp3) is 0.824. The van der Waals surface area contributed by atoms with Crippen molar-refractivity contribution in [3.8, 4) is 0 Å². The minimum atomic E-state index is -0.511. The molecule has 0 aromatic heterocycles. The number of nitrogens with zero attached hydrogens (tertiary/aromatic N) is 1. The van der Waals surface area contributed by atoms with Crippen molar-refractivity contribution in [1.82, 2.24) is 10.2 Å². The molecule has 0 aromatic rings. The third-order valence-corrected chi connectivity index (χ3v) is 7.32. The van der Waals surface area contributed by atoms with Crippen molar-refractivity contribution >= 4 is 11.9 Å². The molecule has 0 amide bonds. The monoisotopic (exact) mass is 567 g/mol. The van der Waals surface area contributed by atoms with Crippen LogP contribution in [0, 0.1) is 28.1 Å². The van der Waals surface area contributed by atoms with Gasteiger partial charge in [-0.1, -0.05) is 93.5 Å². The highest BCUT2D eigenvalue weighted by Crippen LogP contribution is 2.30. The normalized spacial score (nSPS) is 13.7. The molecular weight excluding hydrogens is 500 g/mol. The summed E-state index contributed by atoms with van der Waals surface area (Å²) in [6.07, 6.45) is 11.1. The molecule has 0 aliphatic rings. The lowest BCUT2D eigenvalue weighted by atomic mass is 9.81. The summed E-state index contributed by atoms with van der Waals surface area (Å²) in [7, 11) is 4.01. The van der Waals surface area contributed by atoms with Crippen LogP contribution < -0.4 is 5.32 Å². The Morgan fingerprint density at radius 2 is 1.52 bits per heavy atom. The van der Waals surface area contributed by atoms with E-state index >= 15 is 0 Å². The molecule has 0 rings (SSSR count). The summed E-state index contributed by atoms with van der Waals surface area (Å²) in [4.78, 5) is 27.1. The van der Waals surface area contributed by atoms with E-state index in [0.29, 0.717) is 25.3 Å². The van der Waals surface area contributed by atoms with Crippen LogP contribution in [0.3, 0.4) is 0 Å². The largest absolute Gasteiger partial charge is 0.461 e. The van der Waals surface area contributed by atoms with Gasteiger partial charge < -0.3 is 19.7 Å². The Morgan fingerprint density at radius 1 is 0.925 bits per heavy atom. The predicted molar refractivity (Wildman–Crippen MR) is 171 cm³/mol. The molecule has 1 N–H and O–H groups in total. The molecule has 236 valence electrons. The number of allylic oxidation sites excluding steroid dienone is 2. The lowest BCUT2D eigenvalue weighted by molar-refractivity contribution is -0.156. The summed E-state index contributed by atoms with van der Waals surface area (Å²) in [6, 6.07) is 0. The Morgan fingerprint density at radius 3 is 2.05 bits per heavy atom.